The van der Waals surface area contributed by atoms with Crippen LogP contribution in [0, 0.1) is 11.3 Å². The molecule has 0 unspecified atom stereocenters. The van der Waals surface area contributed by atoms with Gasteiger partial charge in [-0.3, -0.25) is 9.59 Å². The highest BCUT2D eigenvalue weighted by atomic mass is 32.2. The van der Waals surface area contributed by atoms with Crippen molar-refractivity contribution in [3.8, 4) is 16.6 Å². The number of amides is 2. The Labute approximate surface area is 166 Å². The molecule has 1 atom stereocenters. The van der Waals surface area contributed by atoms with E-state index in [1.807, 2.05) is 0 Å². The molecule has 1 aliphatic rings. The molecule has 2 heterocycles. The third-order valence-corrected chi connectivity index (χ3v) is 6.55. The number of benzene rings is 1. The third kappa shape index (κ3) is 4.37. The molecule has 0 radical (unpaired) electrons. The molecule has 146 valence electrons. The number of hydrogen-bond acceptors (Lipinski definition) is 7. The lowest BCUT2D eigenvalue weighted by molar-refractivity contribution is -0.130. The number of rotatable bonds is 5. The van der Waals surface area contributed by atoms with Crippen molar-refractivity contribution in [1.29, 1.82) is 5.26 Å². The zero-order valence-corrected chi connectivity index (χ0v) is 16.7. The Hall–Kier alpha value is -2.77. The second kappa shape index (κ2) is 8.08. The predicted molar refractivity (Wildman–Crippen MR) is 103 cm³/mol. The van der Waals surface area contributed by atoms with Gasteiger partial charge < -0.3 is 10.2 Å². The molecule has 2 aromatic rings. The van der Waals surface area contributed by atoms with Crippen LogP contribution in [0.5, 0.6) is 0 Å². The summed E-state index contributed by atoms with van der Waals surface area (Å²) in [5.74, 6) is -0.698. The van der Waals surface area contributed by atoms with Crippen LogP contribution < -0.4 is 5.32 Å². The normalized spacial score (nSPS) is 16.6. The number of sulfone groups is 1. The largest absolute Gasteiger partial charge is 0.342 e. The maximum atomic E-state index is 12.3. The summed E-state index contributed by atoms with van der Waals surface area (Å²) in [6.45, 7) is 0.356. The highest BCUT2D eigenvalue weighted by Crippen LogP contribution is 2.26. The van der Waals surface area contributed by atoms with E-state index in [2.05, 4.69) is 16.4 Å². The van der Waals surface area contributed by atoms with Crippen molar-refractivity contribution in [2.24, 2.45) is 0 Å². The molecule has 0 spiro atoms. The number of likely N-dealkylation sites (tertiary alicyclic amines) is 1. The fourth-order valence-electron chi connectivity index (χ4n) is 2.90. The second-order valence-corrected chi connectivity index (χ2v) is 9.43. The molecule has 1 aromatic heterocycles. The molecule has 28 heavy (non-hydrogen) atoms. The van der Waals surface area contributed by atoms with Crippen LogP contribution in [0.1, 0.15) is 22.5 Å². The van der Waals surface area contributed by atoms with Gasteiger partial charge in [0.1, 0.15) is 15.9 Å². The summed E-state index contributed by atoms with van der Waals surface area (Å²) in [5.41, 5.74) is 0.696. The summed E-state index contributed by atoms with van der Waals surface area (Å²) in [6, 6.07) is 7.93. The molecular weight excluding hydrogens is 400 g/mol. The Balaban J connectivity index is 1.63. The van der Waals surface area contributed by atoms with E-state index in [4.69, 9.17) is 5.26 Å². The number of nitrogens with one attached hydrogen (secondary N) is 1. The van der Waals surface area contributed by atoms with Gasteiger partial charge in [0.05, 0.1) is 23.7 Å². The first-order valence-electron chi connectivity index (χ1n) is 8.53. The van der Waals surface area contributed by atoms with E-state index in [1.165, 1.54) is 23.2 Å². The van der Waals surface area contributed by atoms with Crippen LogP contribution in [0.3, 0.4) is 0 Å². The Bertz CT molecular complexity index is 1040. The molecule has 1 aliphatic heterocycles. The zero-order valence-electron chi connectivity index (χ0n) is 15.1. The van der Waals surface area contributed by atoms with Gasteiger partial charge in [-0.05, 0) is 25.0 Å². The molecular formula is C18H18N4O4S2. The van der Waals surface area contributed by atoms with Crippen molar-refractivity contribution in [2.75, 3.05) is 19.3 Å². The van der Waals surface area contributed by atoms with Crippen LogP contribution in [-0.2, 0) is 14.6 Å². The number of carbonyl (C=O) groups is 2. The summed E-state index contributed by atoms with van der Waals surface area (Å²) in [5, 5.41) is 12.2. The predicted octanol–water partition coefficient (Wildman–Crippen LogP) is 1.46. The van der Waals surface area contributed by atoms with Crippen molar-refractivity contribution in [1.82, 2.24) is 15.2 Å². The molecule has 1 saturated heterocycles. The van der Waals surface area contributed by atoms with E-state index in [0.29, 0.717) is 28.4 Å². The van der Waals surface area contributed by atoms with E-state index in [0.717, 1.165) is 24.0 Å². The van der Waals surface area contributed by atoms with Crippen LogP contribution in [0.4, 0.5) is 0 Å². The smallest absolute Gasteiger partial charge is 0.263 e. The van der Waals surface area contributed by atoms with E-state index in [1.54, 1.807) is 12.1 Å². The van der Waals surface area contributed by atoms with Crippen molar-refractivity contribution < 1.29 is 18.0 Å². The Morgan fingerprint density at radius 2 is 2.07 bits per heavy atom. The maximum Gasteiger partial charge on any atom is 0.263 e. The van der Waals surface area contributed by atoms with Crippen LogP contribution in [-0.4, -0.2) is 55.5 Å². The lowest BCUT2D eigenvalue weighted by Crippen LogP contribution is -2.42. The molecule has 0 bridgehead atoms. The van der Waals surface area contributed by atoms with Gasteiger partial charge in [-0.1, -0.05) is 12.1 Å². The van der Waals surface area contributed by atoms with Crippen LogP contribution in [0.25, 0.3) is 10.6 Å². The first-order chi connectivity index (χ1) is 13.3. The van der Waals surface area contributed by atoms with Gasteiger partial charge in [0.25, 0.3) is 5.91 Å². The summed E-state index contributed by atoms with van der Waals surface area (Å²) >= 11 is 1.15. The van der Waals surface area contributed by atoms with Crippen LogP contribution in [0.15, 0.2) is 35.4 Å². The number of thiazole rings is 1. The van der Waals surface area contributed by atoms with E-state index in [9.17, 15) is 18.0 Å². The first-order valence-corrected chi connectivity index (χ1v) is 11.2. The van der Waals surface area contributed by atoms with E-state index >= 15 is 0 Å². The minimum atomic E-state index is -3.28. The molecule has 2 amide bonds. The average molecular weight is 419 g/mol. The molecule has 1 fully saturated rings. The van der Waals surface area contributed by atoms with Gasteiger partial charge in [0, 0.05) is 18.4 Å². The fourth-order valence-corrected chi connectivity index (χ4v) is 4.37. The Morgan fingerprint density at radius 1 is 1.36 bits per heavy atom. The number of nitriles is 1. The standard InChI is InChI=1S/C18H18N4O4S2/c1-28(25,26)14-6-4-12(5-7-14)18-21-10-15(27-18)17(24)20-11-16(23)22-8-2-3-13(22)9-19/h4-7,10,13H,2-3,8,11H2,1H3,(H,20,24)/t13-/m0/s1. The molecule has 0 saturated carbocycles. The summed E-state index contributed by atoms with van der Waals surface area (Å²) in [6.07, 6.45) is 4.00. The van der Waals surface area contributed by atoms with Gasteiger partial charge in [0.15, 0.2) is 9.84 Å². The fraction of sp³-hybridized carbons (Fsp3) is 0.333. The number of aromatic nitrogens is 1. The lowest BCUT2D eigenvalue weighted by atomic mass is 10.2. The molecule has 0 aliphatic carbocycles. The highest BCUT2D eigenvalue weighted by Gasteiger charge is 2.28. The molecule has 1 N–H and O–H groups in total. The van der Waals surface area contributed by atoms with E-state index in [-0.39, 0.29) is 17.3 Å². The number of hydrogen-bond donors (Lipinski definition) is 1. The van der Waals surface area contributed by atoms with Crippen LogP contribution in [0.2, 0.25) is 0 Å². The Morgan fingerprint density at radius 3 is 2.71 bits per heavy atom. The third-order valence-electron chi connectivity index (χ3n) is 4.38. The van der Waals surface area contributed by atoms with Gasteiger partial charge >= 0.3 is 0 Å². The minimum absolute atomic E-state index is 0.173. The topological polar surface area (TPSA) is 120 Å². The average Bonchev–Trinajstić information content (AvgIpc) is 3.34. The van der Waals surface area contributed by atoms with Crippen molar-refractivity contribution in [2.45, 2.75) is 23.8 Å². The monoisotopic (exact) mass is 418 g/mol. The Kier molecular flexibility index (Phi) is 5.76. The molecule has 3 rings (SSSR count). The SMILES string of the molecule is CS(=O)(=O)c1ccc(-c2ncc(C(=O)NCC(=O)N3CCC[C@H]3C#N)s2)cc1. The van der Waals surface area contributed by atoms with E-state index < -0.39 is 21.8 Å². The van der Waals surface area contributed by atoms with Gasteiger partial charge in [-0.2, -0.15) is 5.26 Å². The molecule has 1 aromatic carbocycles. The maximum absolute atomic E-state index is 12.3. The van der Waals surface area contributed by atoms with Crippen LogP contribution >= 0.6 is 11.3 Å². The van der Waals surface area contributed by atoms with Gasteiger partial charge in [0.2, 0.25) is 5.91 Å². The van der Waals surface area contributed by atoms with Gasteiger partial charge in [-0.15, -0.1) is 11.3 Å². The lowest BCUT2D eigenvalue weighted by Gasteiger charge is -2.19. The minimum Gasteiger partial charge on any atom is -0.342 e. The first kappa shape index (κ1) is 20.0. The molecule has 10 heteroatoms. The molecule has 8 nitrogen and oxygen atoms in total. The summed E-state index contributed by atoms with van der Waals surface area (Å²) in [7, 11) is -3.28. The number of nitrogens with zero attached hydrogens (tertiary/aromatic N) is 3. The quantitative estimate of drug-likeness (QED) is 0.785. The zero-order chi connectivity index (χ0) is 20.3. The second-order valence-electron chi connectivity index (χ2n) is 6.38. The number of carbonyl (C=O) groups excluding carboxylic acids is 2. The van der Waals surface area contributed by atoms with Gasteiger partial charge in [-0.25, -0.2) is 13.4 Å². The van der Waals surface area contributed by atoms with Crippen molar-refractivity contribution >= 4 is 33.0 Å². The highest BCUT2D eigenvalue weighted by molar-refractivity contribution is 7.90. The summed E-state index contributed by atoms with van der Waals surface area (Å²) in [4.78, 5) is 30.7. The van der Waals surface area contributed by atoms with Crippen molar-refractivity contribution in [3.63, 3.8) is 0 Å². The van der Waals surface area contributed by atoms with Crippen molar-refractivity contribution in [3.05, 3.63) is 35.3 Å². The summed E-state index contributed by atoms with van der Waals surface area (Å²) < 4.78 is 23.0.